The molecule has 0 unspecified atom stereocenters. The summed E-state index contributed by atoms with van der Waals surface area (Å²) in [7, 11) is -2.85. The van der Waals surface area contributed by atoms with Crippen LogP contribution in [-0.2, 0) is 9.84 Å². The molecule has 0 aromatic carbocycles. The van der Waals surface area contributed by atoms with Crippen molar-refractivity contribution in [2.24, 2.45) is 17.8 Å². The maximum Gasteiger partial charge on any atom is 0.151 e. The Morgan fingerprint density at radius 1 is 1.06 bits per heavy atom. The van der Waals surface area contributed by atoms with E-state index in [1.807, 2.05) is 0 Å². The van der Waals surface area contributed by atoms with Crippen LogP contribution >= 0.6 is 0 Å². The SMILES string of the molecule is CC(C)CCS(=O)(=O)CCNC(C1CC1)C1CC1. The highest BCUT2D eigenvalue weighted by Crippen LogP contribution is 2.44. The fraction of sp³-hybridized carbons (Fsp3) is 1.00. The van der Waals surface area contributed by atoms with Crippen molar-refractivity contribution in [2.45, 2.75) is 52.0 Å². The summed E-state index contributed by atoms with van der Waals surface area (Å²) in [5.74, 6) is 2.82. The van der Waals surface area contributed by atoms with Gasteiger partial charge in [0.25, 0.3) is 0 Å². The Morgan fingerprint density at radius 3 is 2.06 bits per heavy atom. The van der Waals surface area contributed by atoms with Crippen molar-refractivity contribution in [3.63, 3.8) is 0 Å². The molecule has 2 fully saturated rings. The molecule has 0 aromatic heterocycles. The Hall–Kier alpha value is -0.0900. The second-order valence-electron chi connectivity index (χ2n) is 6.49. The van der Waals surface area contributed by atoms with Crippen molar-refractivity contribution in [1.29, 1.82) is 0 Å². The lowest BCUT2D eigenvalue weighted by Crippen LogP contribution is -2.36. The van der Waals surface area contributed by atoms with E-state index in [9.17, 15) is 8.42 Å². The zero-order valence-corrected chi connectivity index (χ0v) is 12.5. The summed E-state index contributed by atoms with van der Waals surface area (Å²) in [6.45, 7) is 4.80. The molecule has 4 heteroatoms. The van der Waals surface area contributed by atoms with Gasteiger partial charge in [0, 0.05) is 12.6 Å². The van der Waals surface area contributed by atoms with Crippen LogP contribution in [0.15, 0.2) is 0 Å². The number of hydrogen-bond acceptors (Lipinski definition) is 3. The summed E-state index contributed by atoms with van der Waals surface area (Å²) in [5, 5.41) is 3.51. The zero-order chi connectivity index (χ0) is 13.2. The molecule has 0 aliphatic heterocycles. The number of sulfone groups is 1. The molecule has 2 aliphatic carbocycles. The largest absolute Gasteiger partial charge is 0.312 e. The molecule has 2 aliphatic rings. The van der Waals surface area contributed by atoms with Crippen LogP contribution in [-0.4, -0.2) is 32.5 Å². The minimum absolute atomic E-state index is 0.315. The Balaban J connectivity index is 1.66. The Kier molecular flexibility index (Phi) is 4.70. The molecule has 0 spiro atoms. The molecule has 2 saturated carbocycles. The van der Waals surface area contributed by atoms with Crippen LogP contribution in [0.2, 0.25) is 0 Å². The molecule has 1 N–H and O–H groups in total. The molecule has 0 radical (unpaired) electrons. The molecule has 0 atom stereocenters. The molecule has 0 amide bonds. The average Bonchev–Trinajstić information content (AvgIpc) is 3.14. The van der Waals surface area contributed by atoms with Gasteiger partial charge in [-0.3, -0.25) is 0 Å². The third-order valence-corrected chi connectivity index (χ3v) is 5.74. The number of rotatable bonds is 9. The standard InChI is InChI=1S/C14H27NO2S/c1-11(2)7-9-18(16,17)10-8-15-14(12-3-4-12)13-5-6-13/h11-15H,3-10H2,1-2H3. The van der Waals surface area contributed by atoms with Crippen molar-refractivity contribution in [1.82, 2.24) is 5.32 Å². The van der Waals surface area contributed by atoms with Gasteiger partial charge in [0.05, 0.1) is 11.5 Å². The number of nitrogens with one attached hydrogen (secondary N) is 1. The van der Waals surface area contributed by atoms with E-state index in [1.54, 1.807) is 0 Å². The van der Waals surface area contributed by atoms with Crippen LogP contribution in [0.3, 0.4) is 0 Å². The van der Waals surface area contributed by atoms with Gasteiger partial charge in [-0.2, -0.15) is 0 Å². The molecule has 0 heterocycles. The van der Waals surface area contributed by atoms with E-state index in [-0.39, 0.29) is 0 Å². The third kappa shape index (κ3) is 4.88. The second-order valence-corrected chi connectivity index (χ2v) is 8.79. The van der Waals surface area contributed by atoms with Gasteiger partial charge < -0.3 is 5.32 Å². The van der Waals surface area contributed by atoms with Crippen molar-refractivity contribution >= 4 is 9.84 Å². The monoisotopic (exact) mass is 273 g/mol. The Morgan fingerprint density at radius 2 is 1.61 bits per heavy atom. The first kappa shape index (κ1) is 14.3. The van der Waals surface area contributed by atoms with Crippen LogP contribution in [0.1, 0.15) is 46.0 Å². The molecule has 0 aromatic rings. The molecule has 0 saturated heterocycles. The minimum atomic E-state index is -2.85. The number of hydrogen-bond donors (Lipinski definition) is 1. The van der Waals surface area contributed by atoms with Gasteiger partial charge in [0.15, 0.2) is 9.84 Å². The van der Waals surface area contributed by atoms with Crippen molar-refractivity contribution in [3.05, 3.63) is 0 Å². The van der Waals surface area contributed by atoms with Crippen LogP contribution < -0.4 is 5.32 Å². The Bertz CT molecular complexity index is 344. The minimum Gasteiger partial charge on any atom is -0.312 e. The molecule has 2 rings (SSSR count). The first-order valence-corrected chi connectivity index (χ1v) is 9.24. The lowest BCUT2D eigenvalue weighted by Gasteiger charge is -2.17. The predicted molar refractivity (Wildman–Crippen MR) is 75.3 cm³/mol. The van der Waals surface area contributed by atoms with Crippen LogP contribution in [0.4, 0.5) is 0 Å². The summed E-state index contributed by atoms with van der Waals surface area (Å²) in [6, 6.07) is 0.616. The maximum absolute atomic E-state index is 11.8. The predicted octanol–water partition coefficient (Wildman–Crippen LogP) is 2.23. The van der Waals surface area contributed by atoms with E-state index < -0.39 is 9.84 Å². The lowest BCUT2D eigenvalue weighted by molar-refractivity contribution is 0.427. The fourth-order valence-electron chi connectivity index (χ4n) is 2.53. The van der Waals surface area contributed by atoms with Gasteiger partial charge in [-0.25, -0.2) is 8.42 Å². The smallest absolute Gasteiger partial charge is 0.151 e. The van der Waals surface area contributed by atoms with E-state index in [4.69, 9.17) is 0 Å². The van der Waals surface area contributed by atoms with Gasteiger partial charge in [-0.15, -0.1) is 0 Å². The summed E-state index contributed by atoms with van der Waals surface area (Å²) in [4.78, 5) is 0. The van der Waals surface area contributed by atoms with E-state index in [0.717, 1.165) is 18.3 Å². The summed E-state index contributed by atoms with van der Waals surface area (Å²) >= 11 is 0. The fourth-order valence-corrected chi connectivity index (χ4v) is 3.99. The summed E-state index contributed by atoms with van der Waals surface area (Å²) in [5.41, 5.74) is 0. The van der Waals surface area contributed by atoms with Crippen molar-refractivity contribution < 1.29 is 8.42 Å². The Labute approximate surface area is 112 Å². The summed E-state index contributed by atoms with van der Waals surface area (Å²) < 4.78 is 23.7. The second kappa shape index (κ2) is 5.91. The van der Waals surface area contributed by atoms with Crippen LogP contribution in [0, 0.1) is 17.8 Å². The van der Waals surface area contributed by atoms with Crippen molar-refractivity contribution in [3.8, 4) is 0 Å². The zero-order valence-electron chi connectivity index (χ0n) is 11.7. The van der Waals surface area contributed by atoms with Gasteiger partial charge in [0.2, 0.25) is 0 Å². The first-order chi connectivity index (χ1) is 8.48. The topological polar surface area (TPSA) is 46.2 Å². The highest BCUT2D eigenvalue weighted by molar-refractivity contribution is 7.91. The van der Waals surface area contributed by atoms with Crippen LogP contribution in [0.5, 0.6) is 0 Å². The highest BCUT2D eigenvalue weighted by atomic mass is 32.2. The maximum atomic E-state index is 11.8. The quantitative estimate of drug-likeness (QED) is 0.701. The third-order valence-electron chi connectivity index (χ3n) is 4.06. The molecular formula is C14H27NO2S. The van der Waals surface area contributed by atoms with Gasteiger partial charge in [0.1, 0.15) is 0 Å². The molecule has 18 heavy (non-hydrogen) atoms. The average molecular weight is 273 g/mol. The first-order valence-electron chi connectivity index (χ1n) is 7.42. The van der Waals surface area contributed by atoms with Gasteiger partial charge in [-0.1, -0.05) is 13.8 Å². The van der Waals surface area contributed by atoms with Gasteiger partial charge in [-0.05, 0) is 49.9 Å². The molecule has 0 bridgehead atoms. The molecule has 106 valence electrons. The van der Waals surface area contributed by atoms with E-state index in [2.05, 4.69) is 19.2 Å². The normalized spacial score (nSPS) is 20.9. The van der Waals surface area contributed by atoms with Gasteiger partial charge >= 0.3 is 0 Å². The van der Waals surface area contributed by atoms with E-state index in [1.165, 1.54) is 25.7 Å². The van der Waals surface area contributed by atoms with Crippen molar-refractivity contribution in [2.75, 3.05) is 18.1 Å². The lowest BCUT2D eigenvalue weighted by atomic mass is 10.1. The molecular weight excluding hydrogens is 246 g/mol. The van der Waals surface area contributed by atoms with E-state index >= 15 is 0 Å². The highest BCUT2D eigenvalue weighted by Gasteiger charge is 2.40. The summed E-state index contributed by atoms with van der Waals surface area (Å²) in [6.07, 6.45) is 6.15. The molecule has 3 nitrogen and oxygen atoms in total. The van der Waals surface area contributed by atoms with Crippen LogP contribution in [0.25, 0.3) is 0 Å². The van der Waals surface area contributed by atoms with E-state index in [0.29, 0.717) is 30.0 Å².